The molecule has 13 rings (SSSR count). The fourth-order valence-corrected chi connectivity index (χ4v) is 11.1. The number of fused-ring (bicyclic) bond motifs is 11. The zero-order chi connectivity index (χ0) is 40.7. The Morgan fingerprint density at radius 1 is 0.306 bits per heavy atom. The molecule has 0 aliphatic rings. The van der Waals surface area contributed by atoms with Crippen LogP contribution in [-0.2, 0) is 0 Å². The fourth-order valence-electron chi connectivity index (χ4n) is 9.85. The van der Waals surface area contributed by atoms with Crippen molar-refractivity contribution in [3.63, 3.8) is 0 Å². The predicted octanol–water partition coefficient (Wildman–Crippen LogP) is 16.5. The van der Waals surface area contributed by atoms with E-state index >= 15 is 0 Å². The lowest BCUT2D eigenvalue weighted by Gasteiger charge is -2.26. The first-order chi connectivity index (χ1) is 30.7. The van der Waals surface area contributed by atoms with Crippen molar-refractivity contribution in [1.82, 2.24) is 9.13 Å². The lowest BCUT2D eigenvalue weighted by molar-refractivity contribution is 1.17. The Hall–Kier alpha value is -7.92. The minimum Gasteiger partial charge on any atom is -0.310 e. The van der Waals surface area contributed by atoms with Crippen LogP contribution in [-0.4, -0.2) is 9.13 Å². The Balaban J connectivity index is 0.997. The second kappa shape index (κ2) is 13.8. The van der Waals surface area contributed by atoms with Crippen LogP contribution in [0.5, 0.6) is 0 Å². The number of para-hydroxylation sites is 4. The number of aromatic nitrogens is 2. The zero-order valence-corrected chi connectivity index (χ0v) is 34.4. The third-order valence-corrected chi connectivity index (χ3v) is 13.9. The second-order valence-electron chi connectivity index (χ2n) is 16.1. The van der Waals surface area contributed by atoms with Crippen molar-refractivity contribution in [2.24, 2.45) is 0 Å². The molecular formula is C58H37N3S. The summed E-state index contributed by atoms with van der Waals surface area (Å²) in [5, 5.41) is 10.2. The number of thiophene rings is 1. The quantitative estimate of drug-likeness (QED) is 0.163. The Morgan fingerprint density at radius 3 is 1.61 bits per heavy atom. The first-order valence-corrected chi connectivity index (χ1v) is 22.0. The van der Waals surface area contributed by atoms with Crippen LogP contribution in [0.3, 0.4) is 0 Å². The third kappa shape index (κ3) is 5.37. The van der Waals surface area contributed by atoms with Crippen molar-refractivity contribution < 1.29 is 0 Å². The highest BCUT2D eigenvalue weighted by Gasteiger charge is 2.20. The van der Waals surface area contributed by atoms with Gasteiger partial charge in [-0.15, -0.1) is 11.3 Å². The van der Waals surface area contributed by atoms with Crippen LogP contribution in [0, 0.1) is 0 Å². The minimum absolute atomic E-state index is 1.09. The molecule has 0 atom stereocenters. The predicted molar refractivity (Wildman–Crippen MR) is 266 cm³/mol. The summed E-state index contributed by atoms with van der Waals surface area (Å²) < 4.78 is 7.48. The summed E-state index contributed by atoms with van der Waals surface area (Å²) in [6.45, 7) is 0. The topological polar surface area (TPSA) is 13.1 Å². The van der Waals surface area contributed by atoms with E-state index in [0.29, 0.717) is 0 Å². The standard InChI is InChI=1S/C58H37N3S/c1-4-15-41(16-5-1)59(44-28-32-55-51(36-44)47-22-12-13-23-53(47)60(55)42-17-6-2-7-18-42)45-27-30-48-50-34-39(25-31-54(50)61(56(48)37-45)43-19-8-3-9-20-43)40-26-33-57-52(35-40)49-29-24-38-14-10-11-21-46(38)58(49)62-57/h1-37H. The second-order valence-corrected chi connectivity index (χ2v) is 17.2. The fraction of sp³-hybridized carbons (Fsp3) is 0. The van der Waals surface area contributed by atoms with Gasteiger partial charge in [0.05, 0.1) is 22.1 Å². The van der Waals surface area contributed by atoms with Crippen molar-refractivity contribution in [2.45, 2.75) is 0 Å². The van der Waals surface area contributed by atoms with Crippen LogP contribution in [0.4, 0.5) is 17.1 Å². The molecule has 0 spiro atoms. The molecule has 0 N–H and O–H groups in total. The lowest BCUT2D eigenvalue weighted by atomic mass is 10.00. The van der Waals surface area contributed by atoms with Gasteiger partial charge in [-0.1, -0.05) is 127 Å². The van der Waals surface area contributed by atoms with Crippen molar-refractivity contribution >= 4 is 103 Å². The van der Waals surface area contributed by atoms with Gasteiger partial charge in [-0.05, 0) is 119 Å². The van der Waals surface area contributed by atoms with E-state index in [1.165, 1.54) is 80.2 Å². The highest BCUT2D eigenvalue weighted by Crippen LogP contribution is 2.44. The molecule has 3 nitrogen and oxygen atoms in total. The number of hydrogen-bond acceptors (Lipinski definition) is 2. The Bertz CT molecular complexity index is 3860. The van der Waals surface area contributed by atoms with Gasteiger partial charge < -0.3 is 14.0 Å². The van der Waals surface area contributed by atoms with E-state index in [9.17, 15) is 0 Å². The van der Waals surface area contributed by atoms with Gasteiger partial charge in [0, 0.05) is 70.2 Å². The Labute approximate surface area is 362 Å². The molecule has 62 heavy (non-hydrogen) atoms. The summed E-state index contributed by atoms with van der Waals surface area (Å²) in [5.74, 6) is 0. The zero-order valence-electron chi connectivity index (χ0n) is 33.6. The van der Waals surface area contributed by atoms with Crippen molar-refractivity contribution in [3.05, 3.63) is 224 Å². The molecule has 290 valence electrons. The highest BCUT2D eigenvalue weighted by molar-refractivity contribution is 7.26. The molecule has 0 amide bonds. The molecule has 0 radical (unpaired) electrons. The van der Waals surface area contributed by atoms with Crippen LogP contribution >= 0.6 is 11.3 Å². The van der Waals surface area contributed by atoms with Gasteiger partial charge in [0.2, 0.25) is 0 Å². The molecule has 0 aliphatic heterocycles. The van der Waals surface area contributed by atoms with E-state index in [-0.39, 0.29) is 0 Å². The number of rotatable bonds is 6. The van der Waals surface area contributed by atoms with Gasteiger partial charge in [0.15, 0.2) is 0 Å². The van der Waals surface area contributed by atoms with Crippen LogP contribution in [0.2, 0.25) is 0 Å². The molecule has 0 bridgehead atoms. The largest absolute Gasteiger partial charge is 0.310 e. The van der Waals surface area contributed by atoms with Crippen molar-refractivity contribution in [2.75, 3.05) is 4.90 Å². The number of anilines is 3. The van der Waals surface area contributed by atoms with Crippen molar-refractivity contribution in [1.29, 1.82) is 0 Å². The molecule has 10 aromatic carbocycles. The van der Waals surface area contributed by atoms with Gasteiger partial charge in [-0.2, -0.15) is 0 Å². The summed E-state index contributed by atoms with van der Waals surface area (Å²) >= 11 is 1.89. The smallest absolute Gasteiger partial charge is 0.0561 e. The molecule has 3 heterocycles. The Kier molecular flexibility index (Phi) is 7.78. The van der Waals surface area contributed by atoms with E-state index in [0.717, 1.165) is 34.0 Å². The first-order valence-electron chi connectivity index (χ1n) is 21.2. The molecule has 3 aromatic heterocycles. The average Bonchev–Trinajstić information content (AvgIpc) is 3.99. The minimum atomic E-state index is 1.09. The van der Waals surface area contributed by atoms with E-state index in [1.807, 2.05) is 11.3 Å². The highest BCUT2D eigenvalue weighted by atomic mass is 32.1. The summed E-state index contributed by atoms with van der Waals surface area (Å²) in [5.41, 5.74) is 12.8. The first kappa shape index (κ1) is 34.9. The summed E-state index contributed by atoms with van der Waals surface area (Å²) in [6, 6.07) is 82.2. The number of benzene rings is 10. The van der Waals surface area contributed by atoms with Crippen molar-refractivity contribution in [3.8, 4) is 22.5 Å². The maximum atomic E-state index is 2.43. The average molecular weight is 808 g/mol. The maximum absolute atomic E-state index is 2.43. The molecule has 0 saturated carbocycles. The maximum Gasteiger partial charge on any atom is 0.0561 e. The van der Waals surface area contributed by atoms with E-state index in [1.54, 1.807) is 0 Å². The summed E-state index contributed by atoms with van der Waals surface area (Å²) in [4.78, 5) is 2.40. The van der Waals surface area contributed by atoms with E-state index in [2.05, 4.69) is 238 Å². The molecule has 13 aromatic rings. The van der Waals surface area contributed by atoms with Gasteiger partial charge >= 0.3 is 0 Å². The third-order valence-electron chi connectivity index (χ3n) is 12.7. The number of nitrogens with zero attached hydrogens (tertiary/aromatic N) is 3. The number of hydrogen-bond donors (Lipinski definition) is 0. The monoisotopic (exact) mass is 807 g/mol. The molecule has 0 unspecified atom stereocenters. The van der Waals surface area contributed by atoms with E-state index in [4.69, 9.17) is 0 Å². The molecule has 0 aliphatic carbocycles. The van der Waals surface area contributed by atoms with Crippen LogP contribution in [0.1, 0.15) is 0 Å². The SMILES string of the molecule is c1ccc(N(c2ccc3c(c2)c2ccccc2n3-c2ccccc2)c2ccc3c4cc(-c5ccc6sc7c8ccccc8ccc7c6c5)ccc4n(-c4ccccc4)c3c2)cc1. The van der Waals surface area contributed by atoms with Gasteiger partial charge in [-0.3, -0.25) is 0 Å². The van der Waals surface area contributed by atoms with Crippen LogP contribution < -0.4 is 4.90 Å². The van der Waals surface area contributed by atoms with Gasteiger partial charge in [-0.25, -0.2) is 0 Å². The Morgan fingerprint density at radius 2 is 0.839 bits per heavy atom. The summed E-state index contributed by atoms with van der Waals surface area (Å²) in [7, 11) is 0. The van der Waals surface area contributed by atoms with E-state index < -0.39 is 0 Å². The normalized spacial score (nSPS) is 11.9. The lowest BCUT2D eigenvalue weighted by Crippen LogP contribution is -2.10. The van der Waals surface area contributed by atoms with Gasteiger partial charge in [0.25, 0.3) is 0 Å². The summed E-state index contributed by atoms with van der Waals surface area (Å²) in [6.07, 6.45) is 0. The van der Waals surface area contributed by atoms with Crippen LogP contribution in [0.15, 0.2) is 224 Å². The molecular weight excluding hydrogens is 771 g/mol. The van der Waals surface area contributed by atoms with Gasteiger partial charge in [0.1, 0.15) is 0 Å². The van der Waals surface area contributed by atoms with Crippen LogP contribution in [0.25, 0.3) is 97.1 Å². The molecule has 0 fully saturated rings. The molecule has 0 saturated heterocycles. The molecule has 4 heteroatoms.